The highest BCUT2D eigenvalue weighted by Crippen LogP contribution is 2.40. The van der Waals surface area contributed by atoms with E-state index in [-0.39, 0.29) is 12.1 Å². The SMILES string of the molecule is O=C1c2ccccc2N[C@H](c2cnn(-c3ccccc3)c2)N1C1CC1. The number of hydrogen-bond acceptors (Lipinski definition) is 3. The predicted octanol–water partition coefficient (Wildman–Crippen LogP) is 3.60. The van der Waals surface area contributed by atoms with Crippen molar-refractivity contribution in [2.45, 2.75) is 25.0 Å². The Balaban J connectivity index is 1.54. The Morgan fingerprint density at radius 2 is 1.76 bits per heavy atom. The summed E-state index contributed by atoms with van der Waals surface area (Å²) in [6.07, 6.45) is 5.82. The minimum absolute atomic E-state index is 0.106. The Labute approximate surface area is 145 Å². The summed E-state index contributed by atoms with van der Waals surface area (Å²) >= 11 is 0. The molecule has 1 aliphatic carbocycles. The van der Waals surface area contributed by atoms with Crippen LogP contribution in [0, 0.1) is 0 Å². The number of aromatic nitrogens is 2. The van der Waals surface area contributed by atoms with Crippen LogP contribution in [0.25, 0.3) is 5.69 Å². The molecule has 0 saturated heterocycles. The van der Waals surface area contributed by atoms with Crippen molar-refractivity contribution in [2.75, 3.05) is 5.32 Å². The third kappa shape index (κ3) is 2.39. The molecule has 0 bridgehead atoms. The lowest BCUT2D eigenvalue weighted by atomic mass is 10.1. The molecule has 1 fully saturated rings. The van der Waals surface area contributed by atoms with Crippen LogP contribution in [0.2, 0.25) is 0 Å². The summed E-state index contributed by atoms with van der Waals surface area (Å²) in [6.45, 7) is 0. The summed E-state index contributed by atoms with van der Waals surface area (Å²) in [5.74, 6) is 0.106. The number of benzene rings is 2. The maximum Gasteiger partial charge on any atom is 0.258 e. The molecule has 1 aromatic heterocycles. The quantitative estimate of drug-likeness (QED) is 0.798. The van der Waals surface area contributed by atoms with Gasteiger partial charge in [-0.1, -0.05) is 30.3 Å². The van der Waals surface area contributed by atoms with Gasteiger partial charge in [-0.15, -0.1) is 0 Å². The first-order valence-electron chi connectivity index (χ1n) is 8.59. The molecule has 2 aromatic carbocycles. The van der Waals surface area contributed by atoms with Crippen molar-refractivity contribution in [2.24, 2.45) is 0 Å². The monoisotopic (exact) mass is 330 g/mol. The molecule has 1 amide bonds. The number of carbonyl (C=O) groups excluding carboxylic acids is 1. The van der Waals surface area contributed by atoms with E-state index >= 15 is 0 Å². The molecule has 0 spiro atoms. The van der Waals surface area contributed by atoms with Gasteiger partial charge in [0.05, 0.1) is 17.4 Å². The number of fused-ring (bicyclic) bond motifs is 1. The average molecular weight is 330 g/mol. The van der Waals surface area contributed by atoms with Crippen LogP contribution in [0.5, 0.6) is 0 Å². The molecule has 0 unspecified atom stereocenters. The standard InChI is InChI=1S/C20H18N4O/c25-20-17-8-4-5-9-18(17)22-19(24(20)16-10-11-16)14-12-21-23(13-14)15-6-2-1-3-7-15/h1-9,12-13,16,19,22H,10-11H2/t19-/m0/s1. The van der Waals surface area contributed by atoms with Crippen molar-refractivity contribution >= 4 is 11.6 Å². The second-order valence-corrected chi connectivity index (χ2v) is 6.59. The summed E-state index contributed by atoms with van der Waals surface area (Å²) in [4.78, 5) is 15.0. The van der Waals surface area contributed by atoms with E-state index in [1.807, 2.05) is 76.6 Å². The zero-order valence-electron chi connectivity index (χ0n) is 13.7. The lowest BCUT2D eigenvalue weighted by Gasteiger charge is -2.37. The second-order valence-electron chi connectivity index (χ2n) is 6.59. The van der Waals surface area contributed by atoms with Gasteiger partial charge < -0.3 is 10.2 Å². The van der Waals surface area contributed by atoms with Crippen LogP contribution in [0.3, 0.4) is 0 Å². The smallest absolute Gasteiger partial charge is 0.258 e. The third-order valence-corrected chi connectivity index (χ3v) is 4.84. The summed E-state index contributed by atoms with van der Waals surface area (Å²) < 4.78 is 1.85. The first kappa shape index (κ1) is 14.3. The number of para-hydroxylation sites is 2. The fourth-order valence-electron chi connectivity index (χ4n) is 3.44. The van der Waals surface area contributed by atoms with Gasteiger partial charge in [-0.05, 0) is 37.1 Å². The molecule has 1 saturated carbocycles. The van der Waals surface area contributed by atoms with Crippen LogP contribution in [-0.4, -0.2) is 26.6 Å². The highest BCUT2D eigenvalue weighted by atomic mass is 16.2. The number of anilines is 1. The Hall–Kier alpha value is -3.08. The normalized spacial score (nSPS) is 19.4. The molecule has 1 aliphatic heterocycles. The van der Waals surface area contributed by atoms with Crippen molar-refractivity contribution in [3.05, 3.63) is 78.1 Å². The number of nitrogens with zero attached hydrogens (tertiary/aromatic N) is 3. The highest BCUT2D eigenvalue weighted by molar-refractivity contribution is 6.02. The van der Waals surface area contributed by atoms with E-state index in [0.717, 1.165) is 35.3 Å². The van der Waals surface area contributed by atoms with Crippen LogP contribution in [0.15, 0.2) is 67.0 Å². The van der Waals surface area contributed by atoms with Gasteiger partial charge in [0.2, 0.25) is 0 Å². The van der Waals surface area contributed by atoms with Gasteiger partial charge in [0, 0.05) is 23.5 Å². The van der Waals surface area contributed by atoms with Gasteiger partial charge in [0.1, 0.15) is 6.17 Å². The van der Waals surface area contributed by atoms with Gasteiger partial charge in [-0.2, -0.15) is 5.10 Å². The first-order chi connectivity index (χ1) is 12.3. The lowest BCUT2D eigenvalue weighted by molar-refractivity contribution is 0.0666. The molecule has 1 N–H and O–H groups in total. The molecule has 5 nitrogen and oxygen atoms in total. The van der Waals surface area contributed by atoms with Gasteiger partial charge in [-0.25, -0.2) is 4.68 Å². The maximum atomic E-state index is 13.0. The molecule has 5 rings (SSSR count). The number of rotatable bonds is 3. The Kier molecular flexibility index (Phi) is 3.13. The number of amides is 1. The van der Waals surface area contributed by atoms with E-state index in [0.29, 0.717) is 6.04 Å². The summed E-state index contributed by atoms with van der Waals surface area (Å²) in [5, 5.41) is 8.03. The molecular formula is C20H18N4O. The summed E-state index contributed by atoms with van der Waals surface area (Å²) in [6, 6.07) is 18.1. The molecule has 0 radical (unpaired) electrons. The largest absolute Gasteiger partial charge is 0.361 e. The van der Waals surface area contributed by atoms with E-state index in [1.54, 1.807) is 0 Å². The lowest BCUT2D eigenvalue weighted by Crippen LogP contribution is -2.44. The van der Waals surface area contributed by atoms with Crippen LogP contribution >= 0.6 is 0 Å². The van der Waals surface area contributed by atoms with Gasteiger partial charge >= 0.3 is 0 Å². The summed E-state index contributed by atoms with van der Waals surface area (Å²) in [7, 11) is 0. The van der Waals surface area contributed by atoms with Crippen LogP contribution in [0.4, 0.5) is 5.69 Å². The van der Waals surface area contributed by atoms with Gasteiger partial charge in [-0.3, -0.25) is 4.79 Å². The fraction of sp³-hybridized carbons (Fsp3) is 0.200. The van der Waals surface area contributed by atoms with Crippen molar-refractivity contribution in [3.63, 3.8) is 0 Å². The topological polar surface area (TPSA) is 50.2 Å². The zero-order valence-corrected chi connectivity index (χ0v) is 13.7. The van der Waals surface area contributed by atoms with E-state index < -0.39 is 0 Å². The van der Waals surface area contributed by atoms with Crippen molar-refractivity contribution < 1.29 is 4.79 Å². The predicted molar refractivity (Wildman–Crippen MR) is 95.6 cm³/mol. The molecule has 124 valence electrons. The second kappa shape index (κ2) is 5.48. The number of carbonyl (C=O) groups is 1. The molecule has 25 heavy (non-hydrogen) atoms. The summed E-state index contributed by atoms with van der Waals surface area (Å²) in [5.41, 5.74) is 3.65. The minimum atomic E-state index is -0.174. The van der Waals surface area contributed by atoms with Crippen LogP contribution in [0.1, 0.15) is 34.9 Å². The van der Waals surface area contributed by atoms with Crippen molar-refractivity contribution in [1.29, 1.82) is 0 Å². The van der Waals surface area contributed by atoms with E-state index in [2.05, 4.69) is 10.4 Å². The van der Waals surface area contributed by atoms with Gasteiger partial charge in [0.25, 0.3) is 5.91 Å². The van der Waals surface area contributed by atoms with Crippen molar-refractivity contribution in [3.8, 4) is 5.69 Å². The zero-order chi connectivity index (χ0) is 16.8. The van der Waals surface area contributed by atoms with Crippen molar-refractivity contribution in [1.82, 2.24) is 14.7 Å². The fourth-order valence-corrected chi connectivity index (χ4v) is 3.44. The molecule has 1 atom stereocenters. The molecule has 3 aromatic rings. The van der Waals surface area contributed by atoms with Gasteiger partial charge in [0.15, 0.2) is 0 Å². The molecular weight excluding hydrogens is 312 g/mol. The number of nitrogens with one attached hydrogen (secondary N) is 1. The molecule has 2 heterocycles. The highest BCUT2D eigenvalue weighted by Gasteiger charge is 2.42. The van der Waals surface area contributed by atoms with E-state index in [4.69, 9.17) is 0 Å². The van der Waals surface area contributed by atoms with Crippen LogP contribution < -0.4 is 5.32 Å². The average Bonchev–Trinajstić information content (AvgIpc) is 3.37. The Morgan fingerprint density at radius 1 is 1.00 bits per heavy atom. The van der Waals surface area contributed by atoms with E-state index in [9.17, 15) is 4.79 Å². The maximum absolute atomic E-state index is 13.0. The first-order valence-corrected chi connectivity index (χ1v) is 8.59. The molecule has 2 aliphatic rings. The van der Waals surface area contributed by atoms with Crippen LogP contribution in [-0.2, 0) is 0 Å². The minimum Gasteiger partial charge on any atom is -0.361 e. The number of hydrogen-bond donors (Lipinski definition) is 1. The molecule has 5 heteroatoms. The third-order valence-electron chi connectivity index (χ3n) is 4.84. The van der Waals surface area contributed by atoms with E-state index in [1.165, 1.54) is 0 Å². The Bertz CT molecular complexity index is 930. The Morgan fingerprint density at radius 3 is 2.56 bits per heavy atom.